The van der Waals surface area contributed by atoms with Gasteiger partial charge in [0.25, 0.3) is 0 Å². The number of rotatable bonds is 9. The fourth-order valence-electron chi connectivity index (χ4n) is 5.12. The molecule has 2 aromatic rings. The molecule has 188 valence electrons. The highest BCUT2D eigenvalue weighted by molar-refractivity contribution is 5.26. The van der Waals surface area contributed by atoms with E-state index in [1.807, 2.05) is 30.3 Å². The summed E-state index contributed by atoms with van der Waals surface area (Å²) in [6.07, 6.45) is -7.64. The average molecular weight is 486 g/mol. The van der Waals surface area contributed by atoms with Crippen LogP contribution in [0.15, 0.2) is 54.6 Å². The molecule has 1 aliphatic rings. The predicted molar refractivity (Wildman–Crippen MR) is 122 cm³/mol. The molecule has 0 N–H and O–H groups in total. The van der Waals surface area contributed by atoms with Gasteiger partial charge in [-0.15, -0.1) is 0 Å². The summed E-state index contributed by atoms with van der Waals surface area (Å²) in [6.45, 7) is 5.00. The minimum absolute atomic E-state index is 0.127. The average Bonchev–Trinajstić information content (AvgIpc) is 2.79. The van der Waals surface area contributed by atoms with E-state index in [1.54, 1.807) is 12.1 Å². The zero-order valence-electron chi connectivity index (χ0n) is 19.5. The molecule has 3 unspecified atom stereocenters. The molecule has 1 nitrogen and oxygen atoms in total. The Kier molecular flexibility index (Phi) is 9.07. The van der Waals surface area contributed by atoms with Crippen LogP contribution in [0.25, 0.3) is 0 Å². The highest BCUT2D eigenvalue weighted by atomic mass is 19.4. The van der Waals surface area contributed by atoms with Crippen molar-refractivity contribution < 1.29 is 26.3 Å². The van der Waals surface area contributed by atoms with E-state index >= 15 is 0 Å². The first-order valence-electron chi connectivity index (χ1n) is 12.1. The van der Waals surface area contributed by atoms with Gasteiger partial charge >= 0.3 is 12.4 Å². The monoisotopic (exact) mass is 485 g/mol. The van der Waals surface area contributed by atoms with Gasteiger partial charge in [0.05, 0.1) is 11.8 Å². The van der Waals surface area contributed by atoms with Crippen molar-refractivity contribution in [3.05, 3.63) is 71.3 Å². The number of halogens is 6. The van der Waals surface area contributed by atoms with E-state index in [0.29, 0.717) is 5.56 Å². The van der Waals surface area contributed by atoms with Crippen molar-refractivity contribution in [1.82, 2.24) is 4.90 Å². The van der Waals surface area contributed by atoms with Crippen LogP contribution in [0.4, 0.5) is 26.3 Å². The Balaban J connectivity index is 1.55. The number of alkyl halides is 6. The number of nitrogens with zero attached hydrogens (tertiary/aromatic N) is 1. The molecule has 0 saturated heterocycles. The van der Waals surface area contributed by atoms with E-state index in [1.165, 1.54) is 5.56 Å². The molecule has 0 spiro atoms. The zero-order chi connectivity index (χ0) is 24.8. The quantitative estimate of drug-likeness (QED) is 0.324. The van der Waals surface area contributed by atoms with Gasteiger partial charge in [-0.25, -0.2) is 0 Å². The maximum atomic E-state index is 13.4. The Morgan fingerprint density at radius 2 is 1.41 bits per heavy atom. The Bertz CT molecular complexity index is 859. The van der Waals surface area contributed by atoms with Crippen LogP contribution < -0.4 is 0 Å². The van der Waals surface area contributed by atoms with Gasteiger partial charge in [-0.05, 0) is 74.2 Å². The first kappa shape index (κ1) is 26.6. The van der Waals surface area contributed by atoms with Crippen molar-refractivity contribution in [3.63, 3.8) is 0 Å². The van der Waals surface area contributed by atoms with Crippen LogP contribution >= 0.6 is 0 Å². The van der Waals surface area contributed by atoms with Gasteiger partial charge in [0.15, 0.2) is 0 Å². The van der Waals surface area contributed by atoms with Crippen molar-refractivity contribution in [2.75, 3.05) is 13.1 Å². The summed E-state index contributed by atoms with van der Waals surface area (Å²) in [5.74, 6) is -5.13. The van der Waals surface area contributed by atoms with Crippen molar-refractivity contribution in [2.45, 2.75) is 70.3 Å². The molecular formula is C27H33F6N. The zero-order valence-corrected chi connectivity index (χ0v) is 19.5. The highest BCUT2D eigenvalue weighted by Crippen LogP contribution is 2.52. The second-order valence-corrected chi connectivity index (χ2v) is 9.41. The van der Waals surface area contributed by atoms with Crippen molar-refractivity contribution in [1.29, 1.82) is 0 Å². The summed E-state index contributed by atoms with van der Waals surface area (Å²) >= 11 is 0. The summed E-state index contributed by atoms with van der Waals surface area (Å²) in [7, 11) is 0. The summed E-state index contributed by atoms with van der Waals surface area (Å²) in [5, 5.41) is 0. The molecule has 1 fully saturated rings. The molecule has 0 heterocycles. The van der Waals surface area contributed by atoms with Crippen LogP contribution in [0.3, 0.4) is 0 Å². The van der Waals surface area contributed by atoms with E-state index in [4.69, 9.17) is 0 Å². The Morgan fingerprint density at radius 1 is 0.765 bits per heavy atom. The van der Waals surface area contributed by atoms with Crippen LogP contribution in [0.2, 0.25) is 0 Å². The lowest BCUT2D eigenvalue weighted by atomic mass is 9.71. The van der Waals surface area contributed by atoms with E-state index in [-0.39, 0.29) is 6.42 Å². The second kappa shape index (κ2) is 11.6. The number of benzene rings is 2. The number of aryl methyl sites for hydroxylation is 1. The lowest BCUT2D eigenvalue weighted by molar-refractivity contribution is -0.263. The van der Waals surface area contributed by atoms with Crippen LogP contribution in [0.5, 0.6) is 0 Å². The number of hydrogen-bond donors (Lipinski definition) is 0. The first-order chi connectivity index (χ1) is 16.1. The molecule has 3 rings (SSSR count). The van der Waals surface area contributed by atoms with Gasteiger partial charge in [0, 0.05) is 6.54 Å². The van der Waals surface area contributed by atoms with E-state index < -0.39 is 42.9 Å². The molecular weight excluding hydrogens is 452 g/mol. The standard InChI is InChI=1S/C27H33F6N/c1-2-16-34(19-21-7-4-3-5-8-21)17-6-9-20-10-12-22(13-11-20)23-14-15-24(26(28,29)30)25(18-23)27(31,32)33/h3-5,7-8,10-13,23-25H,2,6,9,14-19H2,1H3. The molecule has 2 aromatic carbocycles. The van der Waals surface area contributed by atoms with Crippen molar-refractivity contribution >= 4 is 0 Å². The molecule has 34 heavy (non-hydrogen) atoms. The summed E-state index contributed by atoms with van der Waals surface area (Å²) < 4.78 is 79.5. The number of hydrogen-bond acceptors (Lipinski definition) is 1. The smallest absolute Gasteiger partial charge is 0.299 e. The minimum Gasteiger partial charge on any atom is -0.299 e. The molecule has 0 amide bonds. The van der Waals surface area contributed by atoms with Crippen molar-refractivity contribution in [2.24, 2.45) is 11.8 Å². The highest BCUT2D eigenvalue weighted by Gasteiger charge is 2.56. The predicted octanol–water partition coefficient (Wildman–Crippen LogP) is 8.16. The normalized spacial score (nSPS) is 21.7. The van der Waals surface area contributed by atoms with E-state index in [9.17, 15) is 26.3 Å². The Hall–Kier alpha value is -2.02. The molecule has 0 radical (unpaired) electrons. The molecule has 0 aliphatic heterocycles. The largest absolute Gasteiger partial charge is 0.392 e. The second-order valence-electron chi connectivity index (χ2n) is 9.41. The van der Waals surface area contributed by atoms with Crippen molar-refractivity contribution in [3.8, 4) is 0 Å². The molecule has 0 bridgehead atoms. The fourth-order valence-corrected chi connectivity index (χ4v) is 5.12. The maximum Gasteiger partial charge on any atom is 0.392 e. The first-order valence-corrected chi connectivity index (χ1v) is 12.1. The van der Waals surface area contributed by atoms with Gasteiger partial charge in [0.1, 0.15) is 0 Å². The third kappa shape index (κ3) is 7.49. The summed E-state index contributed by atoms with van der Waals surface area (Å²) in [6, 6.07) is 17.7. The van der Waals surface area contributed by atoms with Crippen LogP contribution in [-0.4, -0.2) is 30.3 Å². The Labute approximate surface area is 198 Å². The topological polar surface area (TPSA) is 3.24 Å². The van der Waals surface area contributed by atoms with Crippen LogP contribution in [-0.2, 0) is 13.0 Å². The van der Waals surface area contributed by atoms with Crippen LogP contribution in [0, 0.1) is 11.8 Å². The SMILES string of the molecule is CCCN(CCCc1ccc(C2CCC(C(F)(F)F)C(C(F)(F)F)C2)cc1)Cc1ccccc1. The van der Waals surface area contributed by atoms with Gasteiger partial charge in [0.2, 0.25) is 0 Å². The molecule has 0 aromatic heterocycles. The van der Waals surface area contributed by atoms with E-state index in [0.717, 1.165) is 44.5 Å². The third-order valence-corrected chi connectivity index (χ3v) is 6.87. The van der Waals surface area contributed by atoms with E-state index in [2.05, 4.69) is 24.0 Å². The molecule has 3 atom stereocenters. The maximum absolute atomic E-state index is 13.4. The lowest BCUT2D eigenvalue weighted by Crippen LogP contribution is -2.42. The molecule has 7 heteroatoms. The fraction of sp³-hybridized carbons (Fsp3) is 0.556. The Morgan fingerprint density at radius 3 is 2.00 bits per heavy atom. The van der Waals surface area contributed by atoms with Gasteiger partial charge in [-0.3, -0.25) is 4.90 Å². The van der Waals surface area contributed by atoms with Gasteiger partial charge in [-0.1, -0.05) is 61.5 Å². The van der Waals surface area contributed by atoms with Gasteiger partial charge < -0.3 is 0 Å². The third-order valence-electron chi connectivity index (χ3n) is 6.87. The summed E-state index contributed by atoms with van der Waals surface area (Å²) in [4.78, 5) is 2.42. The lowest BCUT2D eigenvalue weighted by Gasteiger charge is -2.38. The summed E-state index contributed by atoms with van der Waals surface area (Å²) in [5.41, 5.74) is 3.07. The van der Waals surface area contributed by atoms with Crippen LogP contribution in [0.1, 0.15) is 61.6 Å². The minimum atomic E-state index is -4.84. The van der Waals surface area contributed by atoms with Gasteiger partial charge in [-0.2, -0.15) is 26.3 Å². The molecule has 1 aliphatic carbocycles. The molecule has 1 saturated carbocycles.